The first kappa shape index (κ1) is 44.2. The summed E-state index contributed by atoms with van der Waals surface area (Å²) in [5, 5.41) is 30.8. The number of nitrogens with one attached hydrogen (secondary N) is 1. The Bertz CT molecular complexity index is 1000. The number of carbonyl (C=O) groups is 5. The zero-order valence-electron chi connectivity index (χ0n) is 30.2. The van der Waals surface area contributed by atoms with Crippen LogP contribution in [0.5, 0.6) is 0 Å². The molecule has 0 aliphatic carbocycles. The molecule has 2 rings (SSSR count). The normalized spacial score (nSPS) is 18.2. The van der Waals surface area contributed by atoms with E-state index in [1.54, 1.807) is 14.7 Å². The molecule has 2 aliphatic heterocycles. The van der Waals surface area contributed by atoms with Crippen LogP contribution in [0.25, 0.3) is 0 Å². The van der Waals surface area contributed by atoms with Gasteiger partial charge in [0.2, 0.25) is 11.8 Å². The summed E-state index contributed by atoms with van der Waals surface area (Å²) in [5.41, 5.74) is 0. The van der Waals surface area contributed by atoms with Crippen molar-refractivity contribution in [2.45, 2.75) is 26.2 Å². The third-order valence-corrected chi connectivity index (χ3v) is 8.65. The molecule has 0 bridgehead atoms. The summed E-state index contributed by atoms with van der Waals surface area (Å²) in [4.78, 5) is 68.0. The van der Waals surface area contributed by atoms with Crippen molar-refractivity contribution in [2.24, 2.45) is 5.92 Å². The maximum Gasteiger partial charge on any atom is 0.317 e. The second kappa shape index (κ2) is 26.8. The highest BCUT2D eigenvalue weighted by molar-refractivity contribution is 5.78. The van der Waals surface area contributed by atoms with E-state index in [0.29, 0.717) is 111 Å². The predicted molar refractivity (Wildman–Crippen MR) is 185 cm³/mol. The number of nitrogens with zero attached hydrogens (tertiary/aromatic N) is 5. The quantitative estimate of drug-likeness (QED) is 0.0862. The van der Waals surface area contributed by atoms with Crippen LogP contribution in [0.4, 0.5) is 0 Å². The molecule has 51 heavy (non-hydrogen) atoms. The second-order valence-corrected chi connectivity index (χ2v) is 12.9. The molecule has 2 saturated heterocycles. The van der Waals surface area contributed by atoms with E-state index in [-0.39, 0.29) is 51.1 Å². The molecular weight excluding hydrogens is 672 g/mol. The molecule has 0 unspecified atom stereocenters. The van der Waals surface area contributed by atoms with E-state index in [9.17, 15) is 39.3 Å². The monoisotopic (exact) mass is 732 g/mol. The highest BCUT2D eigenvalue weighted by atomic mass is 16.6. The maximum absolute atomic E-state index is 12.7. The highest BCUT2D eigenvalue weighted by Crippen LogP contribution is 2.16. The Morgan fingerprint density at radius 2 is 0.882 bits per heavy atom. The smallest absolute Gasteiger partial charge is 0.317 e. The molecule has 294 valence electrons. The van der Waals surface area contributed by atoms with Gasteiger partial charge >= 0.3 is 17.9 Å². The Labute approximate surface area is 300 Å². The minimum Gasteiger partial charge on any atom is -0.480 e. The van der Waals surface area contributed by atoms with E-state index in [4.69, 9.17) is 18.9 Å². The zero-order chi connectivity index (χ0) is 37.3. The molecule has 0 aromatic rings. The van der Waals surface area contributed by atoms with Gasteiger partial charge in [-0.25, -0.2) is 0 Å². The fraction of sp³-hybridized carbons (Fsp3) is 0.848. The van der Waals surface area contributed by atoms with Crippen LogP contribution in [0.1, 0.15) is 26.2 Å². The molecule has 0 spiro atoms. The van der Waals surface area contributed by atoms with E-state index >= 15 is 0 Å². The molecule has 2 fully saturated rings. The van der Waals surface area contributed by atoms with Gasteiger partial charge in [-0.15, -0.1) is 0 Å². The van der Waals surface area contributed by atoms with Gasteiger partial charge in [-0.1, -0.05) is 6.92 Å². The molecule has 2 heterocycles. The van der Waals surface area contributed by atoms with Crippen LogP contribution >= 0.6 is 0 Å². The number of carboxylic acids is 3. The first-order chi connectivity index (χ1) is 24.5. The number of ether oxygens (including phenoxy) is 4. The minimum absolute atomic E-state index is 0.0389. The third kappa shape index (κ3) is 22.6. The summed E-state index contributed by atoms with van der Waals surface area (Å²) in [5.74, 6) is -2.44. The molecule has 18 nitrogen and oxygen atoms in total. The first-order valence-corrected chi connectivity index (χ1v) is 17.9. The van der Waals surface area contributed by atoms with Crippen molar-refractivity contribution >= 4 is 29.7 Å². The fourth-order valence-corrected chi connectivity index (χ4v) is 5.64. The number of hydrogen-bond donors (Lipinski definition) is 4. The van der Waals surface area contributed by atoms with Gasteiger partial charge in [0.05, 0.1) is 85.5 Å². The van der Waals surface area contributed by atoms with Crippen LogP contribution in [0.2, 0.25) is 0 Å². The molecule has 0 aromatic heterocycles. The number of carbonyl (C=O) groups excluding carboxylic acids is 2. The van der Waals surface area contributed by atoms with Crippen LogP contribution in [0, 0.1) is 5.92 Å². The van der Waals surface area contributed by atoms with Crippen molar-refractivity contribution in [3.63, 3.8) is 0 Å². The third-order valence-electron chi connectivity index (χ3n) is 8.65. The summed E-state index contributed by atoms with van der Waals surface area (Å²) in [6, 6.07) is 0. The van der Waals surface area contributed by atoms with Crippen LogP contribution in [-0.2, 0) is 42.9 Å². The van der Waals surface area contributed by atoms with E-state index < -0.39 is 17.9 Å². The average molecular weight is 733 g/mol. The van der Waals surface area contributed by atoms with Crippen molar-refractivity contribution in [1.29, 1.82) is 0 Å². The van der Waals surface area contributed by atoms with Crippen LogP contribution in [0.15, 0.2) is 0 Å². The van der Waals surface area contributed by atoms with Gasteiger partial charge in [0, 0.05) is 72.0 Å². The van der Waals surface area contributed by atoms with Crippen LogP contribution in [-0.4, -0.2) is 221 Å². The fourth-order valence-electron chi connectivity index (χ4n) is 5.64. The molecule has 4 N–H and O–H groups in total. The Morgan fingerprint density at radius 3 is 1.27 bits per heavy atom. The standard InChI is InChI=1S/C33H60N6O12/c1-28-2-6-39(7-3-28)30(41)4-16-48-18-20-50-22-23-51-21-19-49-17-5-34-29(40)24-35-8-10-36(25-31(42)43)12-14-38(27-33(46)47)15-13-37(11-9-35)26-32(44)45/h28H,2-27H2,1H3,(H,34,40)(H,42,43)(H,44,45)(H,46,47). The Balaban J connectivity index is 1.57. The lowest BCUT2D eigenvalue weighted by Crippen LogP contribution is -2.50. The lowest BCUT2D eigenvalue weighted by molar-refractivity contribution is -0.140. The largest absolute Gasteiger partial charge is 0.480 e. The molecule has 0 atom stereocenters. The summed E-state index contributed by atoms with van der Waals surface area (Å²) in [6.07, 6.45) is 2.52. The summed E-state index contributed by atoms with van der Waals surface area (Å²) in [7, 11) is 0. The molecule has 2 aliphatic rings. The van der Waals surface area contributed by atoms with Gasteiger partial charge in [0.15, 0.2) is 0 Å². The SMILES string of the molecule is CC1CCN(C(=O)CCOCCOCCOCCOCCNC(=O)CN2CCN(CC(=O)O)CCN(CC(=O)O)CCN(CC(=O)O)CC2)CC1. The summed E-state index contributed by atoms with van der Waals surface area (Å²) < 4.78 is 22.0. The van der Waals surface area contributed by atoms with Gasteiger partial charge in [0.1, 0.15) is 0 Å². The Kier molecular flexibility index (Phi) is 23.2. The van der Waals surface area contributed by atoms with Crippen molar-refractivity contribution < 1.29 is 58.2 Å². The Hall–Kier alpha value is -2.97. The minimum atomic E-state index is -1.02. The molecular formula is C33H60N6O12. The van der Waals surface area contributed by atoms with Gasteiger partial charge in [0.25, 0.3) is 0 Å². The number of amides is 2. The van der Waals surface area contributed by atoms with Crippen molar-refractivity contribution in [3.8, 4) is 0 Å². The van der Waals surface area contributed by atoms with Crippen molar-refractivity contribution in [3.05, 3.63) is 0 Å². The van der Waals surface area contributed by atoms with Gasteiger partial charge < -0.3 is 44.5 Å². The number of likely N-dealkylation sites (tertiary alicyclic amines) is 1. The number of carboxylic acid groups (broad SMARTS) is 3. The van der Waals surface area contributed by atoms with Gasteiger partial charge in [-0.05, 0) is 18.8 Å². The maximum atomic E-state index is 12.7. The van der Waals surface area contributed by atoms with E-state index in [0.717, 1.165) is 25.9 Å². The number of piperidine rings is 1. The van der Waals surface area contributed by atoms with E-state index in [2.05, 4.69) is 12.2 Å². The molecule has 0 aromatic carbocycles. The first-order valence-electron chi connectivity index (χ1n) is 17.9. The van der Waals surface area contributed by atoms with E-state index in [1.165, 1.54) is 0 Å². The highest BCUT2D eigenvalue weighted by Gasteiger charge is 2.22. The lowest BCUT2D eigenvalue weighted by Gasteiger charge is -2.32. The van der Waals surface area contributed by atoms with Crippen molar-refractivity contribution in [1.82, 2.24) is 29.8 Å². The second-order valence-electron chi connectivity index (χ2n) is 12.9. The number of rotatable bonds is 23. The van der Waals surface area contributed by atoms with E-state index in [1.807, 2.05) is 9.80 Å². The zero-order valence-corrected chi connectivity index (χ0v) is 30.2. The molecule has 0 saturated carbocycles. The molecule has 18 heteroatoms. The summed E-state index contributed by atoms with van der Waals surface area (Å²) >= 11 is 0. The van der Waals surface area contributed by atoms with Gasteiger partial charge in [-0.3, -0.25) is 43.6 Å². The van der Waals surface area contributed by atoms with Crippen LogP contribution < -0.4 is 5.32 Å². The average Bonchev–Trinajstić information content (AvgIpc) is 3.07. The van der Waals surface area contributed by atoms with Gasteiger partial charge in [-0.2, -0.15) is 0 Å². The predicted octanol–water partition coefficient (Wildman–Crippen LogP) is -1.71. The Morgan fingerprint density at radius 1 is 0.529 bits per heavy atom. The lowest BCUT2D eigenvalue weighted by atomic mass is 9.99. The number of hydrogen-bond acceptors (Lipinski definition) is 13. The van der Waals surface area contributed by atoms with Crippen molar-refractivity contribution in [2.75, 3.05) is 151 Å². The molecule has 0 radical (unpaired) electrons. The van der Waals surface area contributed by atoms with Crippen LogP contribution in [0.3, 0.4) is 0 Å². The molecule has 2 amide bonds. The topological polar surface area (TPSA) is 211 Å². The summed E-state index contributed by atoms with van der Waals surface area (Å²) in [6.45, 7) is 9.19. The number of aliphatic carboxylic acids is 3.